The zero-order valence-electron chi connectivity index (χ0n) is 12.2. The van der Waals surface area contributed by atoms with Crippen LogP contribution in [0.4, 0.5) is 5.69 Å². The molecule has 2 heterocycles. The molecule has 1 saturated carbocycles. The van der Waals surface area contributed by atoms with Gasteiger partial charge in [0, 0.05) is 12.1 Å². The molecule has 2 aromatic heterocycles. The van der Waals surface area contributed by atoms with Crippen LogP contribution in [0.25, 0.3) is 11.0 Å². The van der Waals surface area contributed by atoms with Gasteiger partial charge in [0.25, 0.3) is 0 Å². The number of carbonyl (C=O) groups is 1. The topological polar surface area (TPSA) is 96.7 Å². The highest BCUT2D eigenvalue weighted by atomic mass is 16.1. The predicted octanol–water partition coefficient (Wildman–Crippen LogP) is 1.91. The standard InChI is InChI=1S/C15H21N5O/c1-9-6-10(7-16)2-3-11(9)15(21)19-13-4-5-17-14-12(13)8-18-20-14/h4-5,8-11H,2-3,6-7,16H2,1H3,(H2,17,18,19,20,21). The maximum Gasteiger partial charge on any atom is 0.227 e. The minimum absolute atomic E-state index is 0.0583. The van der Waals surface area contributed by atoms with Gasteiger partial charge in [-0.05, 0) is 43.7 Å². The number of amides is 1. The molecular weight excluding hydrogens is 266 g/mol. The molecule has 6 heteroatoms. The number of nitrogens with two attached hydrogens (primary N) is 1. The van der Waals surface area contributed by atoms with Gasteiger partial charge in [-0.3, -0.25) is 9.89 Å². The molecule has 0 aliphatic heterocycles. The minimum atomic E-state index is 0.0583. The number of rotatable bonds is 3. The third-order valence-electron chi connectivity index (χ3n) is 4.56. The van der Waals surface area contributed by atoms with Gasteiger partial charge < -0.3 is 11.1 Å². The van der Waals surface area contributed by atoms with Gasteiger partial charge in [-0.1, -0.05) is 6.92 Å². The van der Waals surface area contributed by atoms with Crippen LogP contribution in [0, 0.1) is 17.8 Å². The molecule has 1 aliphatic carbocycles. The number of aromatic amines is 1. The van der Waals surface area contributed by atoms with Crippen LogP contribution in [0.1, 0.15) is 26.2 Å². The van der Waals surface area contributed by atoms with E-state index in [1.54, 1.807) is 12.4 Å². The molecule has 0 bridgehead atoms. The van der Waals surface area contributed by atoms with Crippen molar-refractivity contribution in [2.75, 3.05) is 11.9 Å². The number of carbonyl (C=O) groups excluding carboxylic acids is 1. The van der Waals surface area contributed by atoms with Gasteiger partial charge in [-0.15, -0.1) is 0 Å². The second kappa shape index (κ2) is 5.81. The van der Waals surface area contributed by atoms with Crippen LogP contribution < -0.4 is 11.1 Å². The third-order valence-corrected chi connectivity index (χ3v) is 4.56. The van der Waals surface area contributed by atoms with Gasteiger partial charge >= 0.3 is 0 Å². The fourth-order valence-electron chi connectivity index (χ4n) is 3.30. The van der Waals surface area contributed by atoms with Crippen molar-refractivity contribution in [1.82, 2.24) is 15.2 Å². The molecule has 4 N–H and O–H groups in total. The Bertz CT molecular complexity index is 638. The molecule has 2 aromatic rings. The van der Waals surface area contributed by atoms with E-state index in [4.69, 9.17) is 5.73 Å². The zero-order chi connectivity index (χ0) is 14.8. The first kappa shape index (κ1) is 14.0. The van der Waals surface area contributed by atoms with E-state index >= 15 is 0 Å². The van der Waals surface area contributed by atoms with Crippen molar-refractivity contribution in [3.63, 3.8) is 0 Å². The summed E-state index contributed by atoms with van der Waals surface area (Å²) in [4.78, 5) is 16.7. The summed E-state index contributed by atoms with van der Waals surface area (Å²) in [5.74, 6) is 1.08. The normalized spacial score (nSPS) is 25.9. The van der Waals surface area contributed by atoms with E-state index in [1.165, 1.54) is 0 Å². The van der Waals surface area contributed by atoms with Crippen LogP contribution in [0.2, 0.25) is 0 Å². The van der Waals surface area contributed by atoms with Crippen molar-refractivity contribution in [1.29, 1.82) is 0 Å². The van der Waals surface area contributed by atoms with Gasteiger partial charge in [0.2, 0.25) is 5.91 Å². The number of hydrogen-bond donors (Lipinski definition) is 3. The summed E-state index contributed by atoms with van der Waals surface area (Å²) in [7, 11) is 0. The second-order valence-corrected chi connectivity index (χ2v) is 5.98. The zero-order valence-corrected chi connectivity index (χ0v) is 12.2. The Morgan fingerprint density at radius 1 is 1.52 bits per heavy atom. The number of nitrogens with one attached hydrogen (secondary N) is 2. The summed E-state index contributed by atoms with van der Waals surface area (Å²) in [6, 6.07) is 1.81. The number of H-pyrrole nitrogens is 1. The summed E-state index contributed by atoms with van der Waals surface area (Å²) in [5, 5.41) is 10.6. The number of fused-ring (bicyclic) bond motifs is 1. The number of anilines is 1. The first-order chi connectivity index (χ1) is 10.2. The second-order valence-electron chi connectivity index (χ2n) is 5.98. The molecule has 0 spiro atoms. The van der Waals surface area contributed by atoms with Crippen LogP contribution >= 0.6 is 0 Å². The first-order valence-corrected chi connectivity index (χ1v) is 7.48. The van der Waals surface area contributed by atoms with Crippen molar-refractivity contribution in [3.05, 3.63) is 18.5 Å². The Morgan fingerprint density at radius 3 is 3.14 bits per heavy atom. The summed E-state index contributed by atoms with van der Waals surface area (Å²) >= 11 is 0. The lowest BCUT2D eigenvalue weighted by Crippen LogP contribution is -2.35. The Morgan fingerprint density at radius 2 is 2.38 bits per heavy atom. The number of aromatic nitrogens is 3. The fourth-order valence-corrected chi connectivity index (χ4v) is 3.30. The largest absolute Gasteiger partial charge is 0.330 e. The molecular formula is C15H21N5O. The van der Waals surface area contributed by atoms with Crippen molar-refractivity contribution in [2.24, 2.45) is 23.5 Å². The van der Waals surface area contributed by atoms with Gasteiger partial charge in [-0.2, -0.15) is 5.10 Å². The van der Waals surface area contributed by atoms with Crippen LogP contribution in [0.15, 0.2) is 18.5 Å². The molecule has 0 saturated heterocycles. The van der Waals surface area contributed by atoms with Crippen LogP contribution in [-0.4, -0.2) is 27.6 Å². The van der Waals surface area contributed by atoms with E-state index in [2.05, 4.69) is 27.4 Å². The molecule has 1 amide bonds. The van der Waals surface area contributed by atoms with Crippen molar-refractivity contribution in [2.45, 2.75) is 26.2 Å². The maximum atomic E-state index is 12.5. The molecule has 0 aromatic carbocycles. The maximum absolute atomic E-state index is 12.5. The Hall–Kier alpha value is -1.95. The average Bonchev–Trinajstić information content (AvgIpc) is 2.96. The van der Waals surface area contributed by atoms with E-state index in [0.717, 1.165) is 36.9 Å². The monoisotopic (exact) mass is 287 g/mol. The molecule has 3 unspecified atom stereocenters. The smallest absolute Gasteiger partial charge is 0.227 e. The van der Waals surface area contributed by atoms with Crippen molar-refractivity contribution in [3.8, 4) is 0 Å². The van der Waals surface area contributed by atoms with Crippen LogP contribution in [-0.2, 0) is 4.79 Å². The molecule has 3 atom stereocenters. The van der Waals surface area contributed by atoms with E-state index in [9.17, 15) is 4.79 Å². The van der Waals surface area contributed by atoms with Gasteiger partial charge in [0.15, 0.2) is 5.65 Å². The number of hydrogen-bond acceptors (Lipinski definition) is 4. The quantitative estimate of drug-likeness (QED) is 0.803. The summed E-state index contributed by atoms with van der Waals surface area (Å²) in [5.41, 5.74) is 7.20. The average molecular weight is 287 g/mol. The molecule has 6 nitrogen and oxygen atoms in total. The Labute approximate surface area is 123 Å². The first-order valence-electron chi connectivity index (χ1n) is 7.48. The SMILES string of the molecule is CC1CC(CN)CCC1C(=O)Nc1ccnc2[nH]ncc12. The van der Waals surface area contributed by atoms with E-state index < -0.39 is 0 Å². The van der Waals surface area contributed by atoms with E-state index in [0.29, 0.717) is 17.5 Å². The highest BCUT2D eigenvalue weighted by Gasteiger charge is 2.31. The molecule has 1 fully saturated rings. The van der Waals surface area contributed by atoms with Crippen molar-refractivity contribution < 1.29 is 4.79 Å². The molecule has 0 radical (unpaired) electrons. The highest BCUT2D eigenvalue weighted by Crippen LogP contribution is 2.34. The van der Waals surface area contributed by atoms with Crippen LogP contribution in [0.3, 0.4) is 0 Å². The lowest BCUT2D eigenvalue weighted by molar-refractivity contribution is -0.122. The summed E-state index contributed by atoms with van der Waals surface area (Å²) < 4.78 is 0. The van der Waals surface area contributed by atoms with E-state index in [-0.39, 0.29) is 11.8 Å². The molecule has 21 heavy (non-hydrogen) atoms. The summed E-state index contributed by atoms with van der Waals surface area (Å²) in [6.07, 6.45) is 6.34. The van der Waals surface area contributed by atoms with Crippen molar-refractivity contribution >= 4 is 22.6 Å². The fraction of sp³-hybridized carbons (Fsp3) is 0.533. The highest BCUT2D eigenvalue weighted by molar-refractivity contribution is 6.00. The van der Waals surface area contributed by atoms with Gasteiger partial charge in [-0.25, -0.2) is 4.98 Å². The van der Waals surface area contributed by atoms with Gasteiger partial charge in [0.1, 0.15) is 0 Å². The van der Waals surface area contributed by atoms with E-state index in [1.807, 2.05) is 6.07 Å². The van der Waals surface area contributed by atoms with Gasteiger partial charge in [0.05, 0.1) is 17.3 Å². The number of pyridine rings is 1. The lowest BCUT2D eigenvalue weighted by Gasteiger charge is -2.32. The third kappa shape index (κ3) is 2.76. The molecule has 112 valence electrons. The Balaban J connectivity index is 1.73. The van der Waals surface area contributed by atoms with Crippen LogP contribution in [0.5, 0.6) is 0 Å². The predicted molar refractivity (Wildman–Crippen MR) is 81.6 cm³/mol. The lowest BCUT2D eigenvalue weighted by atomic mass is 9.74. The minimum Gasteiger partial charge on any atom is -0.330 e. The molecule has 1 aliphatic rings. The Kier molecular flexibility index (Phi) is 3.88. The molecule has 3 rings (SSSR count). The summed E-state index contributed by atoms with van der Waals surface area (Å²) in [6.45, 7) is 2.87. The number of nitrogens with zero attached hydrogens (tertiary/aromatic N) is 2.